The van der Waals surface area contributed by atoms with Gasteiger partial charge in [0, 0.05) is 35.7 Å². The van der Waals surface area contributed by atoms with Crippen molar-refractivity contribution in [2.75, 3.05) is 24.2 Å². The minimum atomic E-state index is -0.0941. The van der Waals surface area contributed by atoms with Crippen molar-refractivity contribution in [3.63, 3.8) is 0 Å². The first-order chi connectivity index (χ1) is 16.1. The molecule has 6 nitrogen and oxygen atoms in total. The van der Waals surface area contributed by atoms with Crippen molar-refractivity contribution in [2.45, 2.75) is 44.7 Å². The van der Waals surface area contributed by atoms with E-state index in [1.165, 1.54) is 23.9 Å². The number of rotatable bonds is 8. The summed E-state index contributed by atoms with van der Waals surface area (Å²) in [7, 11) is 0. The lowest BCUT2D eigenvalue weighted by molar-refractivity contribution is -0.113. The van der Waals surface area contributed by atoms with Crippen molar-refractivity contribution in [2.24, 2.45) is 0 Å². The summed E-state index contributed by atoms with van der Waals surface area (Å²) >= 11 is 1.46. The zero-order valence-corrected chi connectivity index (χ0v) is 20.0. The average molecular weight is 463 g/mol. The molecule has 0 saturated heterocycles. The van der Waals surface area contributed by atoms with E-state index in [9.17, 15) is 9.59 Å². The van der Waals surface area contributed by atoms with Crippen LogP contribution in [0.4, 0.5) is 5.69 Å². The van der Waals surface area contributed by atoms with Gasteiger partial charge in [-0.15, -0.1) is 0 Å². The number of imidazole rings is 1. The summed E-state index contributed by atoms with van der Waals surface area (Å²) in [5.74, 6) is 0.177. The first kappa shape index (κ1) is 23.1. The number of nitrogens with zero attached hydrogens (tertiary/aromatic N) is 3. The Hall–Kier alpha value is -3.06. The maximum atomic E-state index is 12.7. The van der Waals surface area contributed by atoms with E-state index in [2.05, 4.69) is 22.0 Å². The molecule has 0 saturated carbocycles. The van der Waals surface area contributed by atoms with E-state index in [1.54, 1.807) is 29.2 Å². The van der Waals surface area contributed by atoms with Gasteiger partial charge in [0.05, 0.1) is 11.4 Å². The number of nitrogens with one attached hydrogen (secondary N) is 1. The van der Waals surface area contributed by atoms with E-state index in [4.69, 9.17) is 4.98 Å². The quantitative estimate of drug-likeness (QED) is 0.480. The molecule has 0 atom stereocenters. The Morgan fingerprint density at radius 1 is 1.00 bits per heavy atom. The van der Waals surface area contributed by atoms with Crippen LogP contribution in [-0.2, 0) is 17.6 Å². The van der Waals surface area contributed by atoms with Crippen LogP contribution in [0.3, 0.4) is 0 Å². The molecule has 172 valence electrons. The molecule has 0 radical (unpaired) electrons. The maximum Gasteiger partial charge on any atom is 0.253 e. The first-order valence-corrected chi connectivity index (χ1v) is 12.6. The minimum absolute atomic E-state index is 0.00477. The van der Waals surface area contributed by atoms with Crippen LogP contribution < -0.4 is 5.32 Å². The van der Waals surface area contributed by atoms with Crippen LogP contribution in [0.2, 0.25) is 0 Å². The molecule has 33 heavy (non-hydrogen) atoms. The number of para-hydroxylation sites is 1. The third-order valence-corrected chi connectivity index (χ3v) is 6.85. The van der Waals surface area contributed by atoms with Crippen molar-refractivity contribution >= 4 is 29.3 Å². The molecule has 3 aromatic rings. The highest BCUT2D eigenvalue weighted by atomic mass is 32.2. The average Bonchev–Trinajstić information content (AvgIpc) is 3.23. The summed E-state index contributed by atoms with van der Waals surface area (Å²) in [5.41, 5.74) is 4.82. The van der Waals surface area contributed by atoms with Crippen LogP contribution in [0.15, 0.2) is 59.8 Å². The smallest absolute Gasteiger partial charge is 0.253 e. The Labute approximate surface area is 199 Å². The molecule has 2 amide bonds. The van der Waals surface area contributed by atoms with Crippen LogP contribution in [0.1, 0.15) is 48.4 Å². The van der Waals surface area contributed by atoms with E-state index < -0.39 is 0 Å². The van der Waals surface area contributed by atoms with E-state index >= 15 is 0 Å². The lowest BCUT2D eigenvalue weighted by atomic mass is 10.0. The monoisotopic (exact) mass is 462 g/mol. The number of fused-ring (bicyclic) bond motifs is 1. The number of benzene rings is 2. The number of hydrogen-bond acceptors (Lipinski definition) is 4. The number of amides is 2. The summed E-state index contributed by atoms with van der Waals surface area (Å²) < 4.78 is 2.21. The highest BCUT2D eigenvalue weighted by molar-refractivity contribution is 7.99. The summed E-state index contributed by atoms with van der Waals surface area (Å²) in [6, 6.07) is 17.3. The van der Waals surface area contributed by atoms with Crippen molar-refractivity contribution in [3.05, 3.63) is 71.5 Å². The molecule has 4 rings (SSSR count). The Balaban J connectivity index is 1.42. The molecule has 0 fully saturated rings. The highest BCUT2D eigenvalue weighted by Gasteiger charge is 2.22. The van der Waals surface area contributed by atoms with E-state index in [1.807, 2.05) is 32.0 Å². The van der Waals surface area contributed by atoms with Crippen LogP contribution in [0, 0.1) is 0 Å². The SMILES string of the molecule is CCN(CC)C(=O)c1ccc(NC(=O)CSc2nc3c(n2-c2ccccc2)CCCC3)cc1. The molecule has 1 N–H and O–H groups in total. The van der Waals surface area contributed by atoms with Gasteiger partial charge in [0.1, 0.15) is 0 Å². The topological polar surface area (TPSA) is 67.2 Å². The van der Waals surface area contributed by atoms with Crippen LogP contribution in [0.5, 0.6) is 0 Å². The van der Waals surface area contributed by atoms with Crippen LogP contribution in [-0.4, -0.2) is 45.1 Å². The molecule has 1 aliphatic rings. The minimum Gasteiger partial charge on any atom is -0.339 e. The molecule has 0 unspecified atom stereocenters. The predicted octanol–water partition coefficient (Wildman–Crippen LogP) is 4.96. The van der Waals surface area contributed by atoms with Crippen molar-refractivity contribution in [3.8, 4) is 5.69 Å². The summed E-state index contributed by atoms with van der Waals surface area (Å²) in [6.45, 7) is 5.28. The van der Waals surface area contributed by atoms with Gasteiger partial charge in [-0.3, -0.25) is 14.2 Å². The van der Waals surface area contributed by atoms with Crippen molar-refractivity contribution in [1.29, 1.82) is 0 Å². The van der Waals surface area contributed by atoms with E-state index in [-0.39, 0.29) is 17.6 Å². The molecule has 0 aliphatic heterocycles. The number of aromatic nitrogens is 2. The molecule has 0 bridgehead atoms. The molecule has 0 spiro atoms. The number of carbonyl (C=O) groups excluding carboxylic acids is 2. The van der Waals surface area contributed by atoms with Gasteiger partial charge in [-0.1, -0.05) is 30.0 Å². The Morgan fingerprint density at radius 2 is 1.70 bits per heavy atom. The van der Waals surface area contributed by atoms with Gasteiger partial charge < -0.3 is 10.2 Å². The zero-order valence-electron chi connectivity index (χ0n) is 19.2. The van der Waals surface area contributed by atoms with E-state index in [0.29, 0.717) is 24.3 Å². The fraction of sp³-hybridized carbons (Fsp3) is 0.346. The molecule has 1 heterocycles. The van der Waals surface area contributed by atoms with Gasteiger partial charge in [0.25, 0.3) is 5.91 Å². The highest BCUT2D eigenvalue weighted by Crippen LogP contribution is 2.30. The Morgan fingerprint density at radius 3 is 2.39 bits per heavy atom. The molecular weight excluding hydrogens is 432 g/mol. The standard InChI is InChI=1S/C26H30N4O2S/c1-3-29(4-2)25(32)19-14-16-20(17-15-19)27-24(31)18-33-26-28-22-12-8-9-13-23(22)30(26)21-10-6-5-7-11-21/h5-7,10-11,14-17H,3-4,8-9,12-13,18H2,1-2H3,(H,27,31). The number of thioether (sulfide) groups is 1. The normalized spacial score (nSPS) is 12.8. The summed E-state index contributed by atoms with van der Waals surface area (Å²) in [6.07, 6.45) is 4.34. The molecule has 7 heteroatoms. The second-order valence-electron chi connectivity index (χ2n) is 8.06. The van der Waals surface area contributed by atoms with Gasteiger partial charge in [-0.25, -0.2) is 4.98 Å². The largest absolute Gasteiger partial charge is 0.339 e. The maximum absolute atomic E-state index is 12.7. The first-order valence-electron chi connectivity index (χ1n) is 11.6. The van der Waals surface area contributed by atoms with Crippen LogP contribution in [0.25, 0.3) is 5.69 Å². The lowest BCUT2D eigenvalue weighted by Gasteiger charge is -2.18. The van der Waals surface area contributed by atoms with E-state index in [0.717, 1.165) is 35.8 Å². The lowest BCUT2D eigenvalue weighted by Crippen LogP contribution is -2.30. The second kappa shape index (κ2) is 10.7. The summed E-state index contributed by atoms with van der Waals surface area (Å²) in [4.78, 5) is 31.8. The molecule has 2 aromatic carbocycles. The van der Waals surface area contributed by atoms with Gasteiger partial charge in [-0.2, -0.15) is 0 Å². The van der Waals surface area contributed by atoms with Crippen molar-refractivity contribution in [1.82, 2.24) is 14.5 Å². The zero-order chi connectivity index (χ0) is 23.2. The van der Waals surface area contributed by atoms with Gasteiger partial charge >= 0.3 is 0 Å². The molecule has 1 aromatic heterocycles. The number of hydrogen-bond donors (Lipinski definition) is 1. The number of anilines is 1. The van der Waals surface area contributed by atoms with Crippen LogP contribution >= 0.6 is 11.8 Å². The van der Waals surface area contributed by atoms with Gasteiger partial charge in [0.2, 0.25) is 5.91 Å². The molecule has 1 aliphatic carbocycles. The van der Waals surface area contributed by atoms with Crippen molar-refractivity contribution < 1.29 is 9.59 Å². The number of carbonyl (C=O) groups is 2. The third-order valence-electron chi connectivity index (χ3n) is 5.92. The predicted molar refractivity (Wildman–Crippen MR) is 133 cm³/mol. The Bertz CT molecular complexity index is 1110. The fourth-order valence-electron chi connectivity index (χ4n) is 4.17. The number of aryl methyl sites for hydroxylation is 1. The summed E-state index contributed by atoms with van der Waals surface area (Å²) in [5, 5.41) is 3.80. The third kappa shape index (κ3) is 5.30. The molecular formula is C26H30N4O2S. The second-order valence-corrected chi connectivity index (χ2v) is 9.00. The van der Waals surface area contributed by atoms with Gasteiger partial charge in [-0.05, 0) is 75.9 Å². The fourth-order valence-corrected chi connectivity index (χ4v) is 5.02. The van der Waals surface area contributed by atoms with Gasteiger partial charge in [0.15, 0.2) is 5.16 Å². The Kier molecular flexibility index (Phi) is 7.50.